The van der Waals surface area contributed by atoms with Crippen molar-refractivity contribution in [3.63, 3.8) is 0 Å². The van der Waals surface area contributed by atoms with Crippen LogP contribution in [0.2, 0.25) is 12.6 Å². The summed E-state index contributed by atoms with van der Waals surface area (Å²) in [7, 11) is 5.44. The fourth-order valence-corrected chi connectivity index (χ4v) is 3.76. The van der Waals surface area contributed by atoms with E-state index in [2.05, 4.69) is 12.8 Å². The summed E-state index contributed by atoms with van der Waals surface area (Å²) in [6, 6.07) is 1.09. The zero-order valence-electron chi connectivity index (χ0n) is 8.25. The summed E-state index contributed by atoms with van der Waals surface area (Å²) in [5.74, 6) is 1.19. The van der Waals surface area contributed by atoms with Crippen LogP contribution in [0, 0.1) is 0 Å². The monoisotopic (exact) mass is 226 g/mol. The third-order valence-corrected chi connectivity index (χ3v) is 6.73. The van der Waals surface area contributed by atoms with E-state index >= 15 is 0 Å². The van der Waals surface area contributed by atoms with Crippen LogP contribution in [0.15, 0.2) is 0 Å². The van der Waals surface area contributed by atoms with Crippen LogP contribution in [0.25, 0.3) is 0 Å². The lowest BCUT2D eigenvalue weighted by atomic mass is 10.6. The molecule has 0 amide bonds. The number of hydrogen-bond donors (Lipinski definition) is 0. The third kappa shape index (κ3) is 5.48. The smallest absolute Gasteiger partial charge is 0.334 e. The third-order valence-electron chi connectivity index (χ3n) is 1.84. The highest BCUT2D eigenvalue weighted by Gasteiger charge is 2.27. The highest BCUT2D eigenvalue weighted by atomic mass is 33.1. The summed E-state index contributed by atoms with van der Waals surface area (Å²) >= 11 is 0. The first-order valence-electron chi connectivity index (χ1n) is 3.94. The lowest BCUT2D eigenvalue weighted by Gasteiger charge is -2.22. The summed E-state index contributed by atoms with van der Waals surface area (Å²) in [5, 5.41) is 0. The second-order valence-corrected chi connectivity index (χ2v) is 8.90. The van der Waals surface area contributed by atoms with E-state index in [-0.39, 0.29) is 0 Å². The first-order valence-corrected chi connectivity index (χ1v) is 9.19. The van der Waals surface area contributed by atoms with Crippen LogP contribution in [0.1, 0.15) is 6.42 Å². The molecule has 0 spiro atoms. The van der Waals surface area contributed by atoms with Crippen LogP contribution < -0.4 is 0 Å². The van der Waals surface area contributed by atoms with Gasteiger partial charge in [-0.2, -0.15) is 0 Å². The van der Waals surface area contributed by atoms with Crippen LogP contribution in [-0.2, 0) is 8.85 Å². The van der Waals surface area contributed by atoms with Crippen molar-refractivity contribution >= 4 is 30.1 Å². The van der Waals surface area contributed by atoms with Crippen LogP contribution in [0.4, 0.5) is 0 Å². The van der Waals surface area contributed by atoms with Gasteiger partial charge in [0.1, 0.15) is 0 Å². The molecule has 0 saturated carbocycles. The summed E-state index contributed by atoms with van der Waals surface area (Å²) in [6.45, 7) is 2.11. The van der Waals surface area contributed by atoms with Gasteiger partial charge in [-0.3, -0.25) is 0 Å². The van der Waals surface area contributed by atoms with Crippen LogP contribution in [-0.4, -0.2) is 34.8 Å². The van der Waals surface area contributed by atoms with Gasteiger partial charge in [0.2, 0.25) is 0 Å². The van der Waals surface area contributed by atoms with Gasteiger partial charge in [0, 0.05) is 20.0 Å². The van der Waals surface area contributed by atoms with Crippen molar-refractivity contribution in [3.8, 4) is 0 Å². The first-order chi connectivity index (χ1) is 5.68. The Morgan fingerprint density at radius 2 is 1.83 bits per heavy atom. The Morgan fingerprint density at radius 3 is 2.25 bits per heavy atom. The highest BCUT2D eigenvalue weighted by Crippen LogP contribution is 2.21. The van der Waals surface area contributed by atoms with Gasteiger partial charge in [-0.05, 0) is 25.3 Å². The van der Waals surface area contributed by atoms with E-state index in [9.17, 15) is 0 Å². The van der Waals surface area contributed by atoms with Crippen molar-refractivity contribution in [3.05, 3.63) is 0 Å². The molecule has 74 valence electrons. The second-order valence-electron chi connectivity index (χ2n) is 2.63. The zero-order chi connectivity index (χ0) is 9.45. The molecule has 0 N–H and O–H groups in total. The van der Waals surface area contributed by atoms with E-state index in [1.807, 2.05) is 21.6 Å². The largest absolute Gasteiger partial charge is 0.398 e. The molecule has 0 unspecified atom stereocenters. The van der Waals surface area contributed by atoms with E-state index in [0.29, 0.717) is 0 Å². The fraction of sp³-hybridized carbons (Fsp3) is 1.00. The Kier molecular flexibility index (Phi) is 7.77. The van der Waals surface area contributed by atoms with Gasteiger partial charge < -0.3 is 8.85 Å². The average Bonchev–Trinajstić information content (AvgIpc) is 2.12. The van der Waals surface area contributed by atoms with Crippen molar-refractivity contribution in [2.75, 3.05) is 26.2 Å². The Balaban J connectivity index is 3.45. The van der Waals surface area contributed by atoms with Gasteiger partial charge in [-0.25, -0.2) is 0 Å². The zero-order valence-corrected chi connectivity index (χ0v) is 10.9. The van der Waals surface area contributed by atoms with E-state index < -0.39 is 8.56 Å². The molecule has 12 heavy (non-hydrogen) atoms. The maximum Gasteiger partial charge on any atom is 0.334 e. The van der Waals surface area contributed by atoms with Gasteiger partial charge in [-0.15, -0.1) is 0 Å². The average molecular weight is 226 g/mol. The maximum atomic E-state index is 5.37. The molecule has 0 heterocycles. The van der Waals surface area contributed by atoms with Crippen molar-refractivity contribution < 1.29 is 8.85 Å². The first kappa shape index (κ1) is 12.8. The van der Waals surface area contributed by atoms with Crippen LogP contribution in [0.5, 0.6) is 0 Å². The number of rotatable bonds is 7. The molecule has 0 bridgehead atoms. The molecule has 0 aromatic heterocycles. The quantitative estimate of drug-likeness (QED) is 0.377. The normalized spacial score (nSPS) is 12.0. The highest BCUT2D eigenvalue weighted by molar-refractivity contribution is 8.76. The SMILES string of the molecule is CO[Si](C)(CCCSSC)OC. The molecular formula is C7H18O2S2Si. The van der Waals surface area contributed by atoms with Crippen molar-refractivity contribution in [1.82, 2.24) is 0 Å². The lowest BCUT2D eigenvalue weighted by molar-refractivity contribution is 0.249. The molecule has 0 aromatic rings. The van der Waals surface area contributed by atoms with Gasteiger partial charge in [0.25, 0.3) is 0 Å². The van der Waals surface area contributed by atoms with E-state index in [0.717, 1.165) is 6.04 Å². The van der Waals surface area contributed by atoms with Crippen molar-refractivity contribution in [2.24, 2.45) is 0 Å². The van der Waals surface area contributed by atoms with Gasteiger partial charge in [-0.1, -0.05) is 21.6 Å². The summed E-state index contributed by atoms with van der Waals surface area (Å²) in [5.41, 5.74) is 0. The summed E-state index contributed by atoms with van der Waals surface area (Å²) < 4.78 is 10.7. The molecule has 2 nitrogen and oxygen atoms in total. The Morgan fingerprint density at radius 1 is 1.25 bits per heavy atom. The van der Waals surface area contributed by atoms with E-state index in [4.69, 9.17) is 8.85 Å². The van der Waals surface area contributed by atoms with Crippen LogP contribution in [0.3, 0.4) is 0 Å². The van der Waals surface area contributed by atoms with Gasteiger partial charge in [0.05, 0.1) is 0 Å². The molecule has 0 saturated heterocycles. The predicted octanol–water partition coefficient (Wildman–Crippen LogP) is 2.75. The molecule has 0 atom stereocenters. The van der Waals surface area contributed by atoms with Crippen molar-refractivity contribution in [1.29, 1.82) is 0 Å². The molecule has 5 heteroatoms. The molecule has 0 aromatic carbocycles. The minimum atomic E-state index is -1.77. The predicted molar refractivity (Wildman–Crippen MR) is 61.0 cm³/mol. The Bertz CT molecular complexity index is 110. The topological polar surface area (TPSA) is 18.5 Å². The second kappa shape index (κ2) is 7.26. The molecule has 0 aliphatic rings. The van der Waals surface area contributed by atoms with Crippen molar-refractivity contribution in [2.45, 2.75) is 19.0 Å². The summed E-state index contributed by atoms with van der Waals surface area (Å²) in [4.78, 5) is 0. The van der Waals surface area contributed by atoms with E-state index in [1.54, 1.807) is 14.2 Å². The van der Waals surface area contributed by atoms with Gasteiger partial charge in [0.15, 0.2) is 0 Å². The molecule has 0 radical (unpaired) electrons. The minimum absolute atomic E-state index is 1.09. The van der Waals surface area contributed by atoms with Crippen LogP contribution >= 0.6 is 21.6 Å². The van der Waals surface area contributed by atoms with E-state index in [1.165, 1.54) is 12.2 Å². The standard InChI is InChI=1S/C7H18O2S2Si/c1-8-12(4,9-2)7-5-6-11-10-3/h5-7H2,1-4H3. The Labute approximate surface area is 84.4 Å². The molecule has 0 rings (SSSR count). The molecule has 0 aliphatic heterocycles. The Hall–Kier alpha value is 0.837. The lowest BCUT2D eigenvalue weighted by Crippen LogP contribution is -2.35. The molecule has 0 aliphatic carbocycles. The number of hydrogen-bond acceptors (Lipinski definition) is 4. The molecular weight excluding hydrogens is 208 g/mol. The van der Waals surface area contributed by atoms with Gasteiger partial charge >= 0.3 is 8.56 Å². The summed E-state index contributed by atoms with van der Waals surface area (Å²) in [6.07, 6.45) is 3.30. The minimum Gasteiger partial charge on any atom is -0.398 e. The maximum absolute atomic E-state index is 5.37. The fourth-order valence-electron chi connectivity index (χ4n) is 0.823. The molecule has 0 fully saturated rings.